The SMILES string of the molecule is COc1ccccc1-c1cc(NC(=O)c2cnn(-c3ccccn3)c2C(C)C)n[nH]1. The van der Waals surface area contributed by atoms with Crippen LogP contribution in [-0.4, -0.2) is 38.0 Å². The predicted molar refractivity (Wildman–Crippen MR) is 114 cm³/mol. The van der Waals surface area contributed by atoms with Crippen LogP contribution in [0.15, 0.2) is 60.9 Å². The summed E-state index contributed by atoms with van der Waals surface area (Å²) in [5.74, 6) is 1.59. The number of ether oxygens (including phenoxy) is 1. The van der Waals surface area contributed by atoms with E-state index in [1.54, 1.807) is 30.3 Å². The molecule has 4 rings (SSSR count). The molecule has 8 nitrogen and oxygen atoms in total. The van der Waals surface area contributed by atoms with Crippen LogP contribution in [0.25, 0.3) is 17.1 Å². The first-order valence-corrected chi connectivity index (χ1v) is 9.58. The quantitative estimate of drug-likeness (QED) is 0.507. The molecule has 2 N–H and O–H groups in total. The highest BCUT2D eigenvalue weighted by atomic mass is 16.5. The van der Waals surface area contributed by atoms with Gasteiger partial charge in [-0.1, -0.05) is 32.0 Å². The number of rotatable bonds is 6. The number of hydrogen-bond donors (Lipinski definition) is 2. The van der Waals surface area contributed by atoms with Gasteiger partial charge in [-0.3, -0.25) is 9.89 Å². The third-order valence-corrected chi connectivity index (χ3v) is 4.68. The van der Waals surface area contributed by atoms with Crippen LogP contribution in [0.5, 0.6) is 5.75 Å². The van der Waals surface area contributed by atoms with E-state index in [2.05, 4.69) is 25.6 Å². The normalized spacial score (nSPS) is 10.9. The van der Waals surface area contributed by atoms with Crippen molar-refractivity contribution in [2.45, 2.75) is 19.8 Å². The lowest BCUT2D eigenvalue weighted by Gasteiger charge is -2.11. The Morgan fingerprint density at radius 2 is 1.97 bits per heavy atom. The molecule has 4 aromatic rings. The van der Waals surface area contributed by atoms with Crippen LogP contribution < -0.4 is 10.1 Å². The lowest BCUT2D eigenvalue weighted by Crippen LogP contribution is -2.16. The van der Waals surface area contributed by atoms with E-state index in [0.717, 1.165) is 22.7 Å². The number of hydrogen-bond acceptors (Lipinski definition) is 5. The summed E-state index contributed by atoms with van der Waals surface area (Å²) in [7, 11) is 1.62. The maximum Gasteiger partial charge on any atom is 0.260 e. The maximum atomic E-state index is 13.0. The molecule has 3 aromatic heterocycles. The number of amides is 1. The molecule has 0 saturated carbocycles. The second-order valence-electron chi connectivity index (χ2n) is 7.02. The lowest BCUT2D eigenvalue weighted by molar-refractivity contribution is 0.102. The molecule has 0 aliphatic rings. The first-order chi connectivity index (χ1) is 14.6. The van der Waals surface area contributed by atoms with Gasteiger partial charge in [0.25, 0.3) is 5.91 Å². The van der Waals surface area contributed by atoms with E-state index in [4.69, 9.17) is 4.74 Å². The number of methoxy groups -OCH3 is 1. The van der Waals surface area contributed by atoms with E-state index < -0.39 is 0 Å². The number of anilines is 1. The van der Waals surface area contributed by atoms with Crippen LogP contribution in [0.4, 0.5) is 5.82 Å². The number of nitrogens with one attached hydrogen (secondary N) is 2. The van der Waals surface area contributed by atoms with Crippen LogP contribution in [0.2, 0.25) is 0 Å². The van der Waals surface area contributed by atoms with Gasteiger partial charge in [0.05, 0.1) is 30.3 Å². The van der Waals surface area contributed by atoms with Gasteiger partial charge in [-0.05, 0) is 30.2 Å². The molecule has 0 saturated heterocycles. The van der Waals surface area contributed by atoms with Gasteiger partial charge in [0.2, 0.25) is 0 Å². The lowest BCUT2D eigenvalue weighted by atomic mass is 10.1. The van der Waals surface area contributed by atoms with Gasteiger partial charge in [-0.2, -0.15) is 10.2 Å². The van der Waals surface area contributed by atoms with Gasteiger partial charge in [-0.15, -0.1) is 0 Å². The third kappa shape index (κ3) is 3.67. The standard InChI is InChI=1S/C22H22N6O2/c1-14(2)21-16(13-24-28(21)20-10-6-7-11-23-20)22(29)25-19-12-17(26-27-19)15-8-4-5-9-18(15)30-3/h4-14H,1-3H3,(H2,25,26,27,29). The molecule has 1 aromatic carbocycles. The number of aromatic nitrogens is 5. The third-order valence-electron chi connectivity index (χ3n) is 4.68. The average Bonchev–Trinajstić information content (AvgIpc) is 3.41. The van der Waals surface area contributed by atoms with E-state index in [0.29, 0.717) is 17.2 Å². The summed E-state index contributed by atoms with van der Waals surface area (Å²) in [6.07, 6.45) is 3.26. The van der Waals surface area contributed by atoms with Crippen molar-refractivity contribution in [1.29, 1.82) is 0 Å². The largest absolute Gasteiger partial charge is 0.496 e. The number of pyridine rings is 1. The van der Waals surface area contributed by atoms with Gasteiger partial charge in [-0.25, -0.2) is 9.67 Å². The second kappa shape index (κ2) is 8.20. The summed E-state index contributed by atoms with van der Waals surface area (Å²) in [6.45, 7) is 4.03. The average molecular weight is 402 g/mol. The van der Waals surface area contributed by atoms with Crippen molar-refractivity contribution in [2.24, 2.45) is 0 Å². The van der Waals surface area contributed by atoms with Crippen molar-refractivity contribution in [1.82, 2.24) is 25.0 Å². The van der Waals surface area contributed by atoms with Crippen LogP contribution in [0.1, 0.15) is 35.8 Å². The number of H-pyrrole nitrogens is 1. The fourth-order valence-electron chi connectivity index (χ4n) is 3.32. The highest BCUT2D eigenvalue weighted by molar-refractivity contribution is 6.04. The fraction of sp³-hybridized carbons (Fsp3) is 0.182. The summed E-state index contributed by atoms with van der Waals surface area (Å²) >= 11 is 0. The Hall–Kier alpha value is -3.94. The Morgan fingerprint density at radius 1 is 1.17 bits per heavy atom. The van der Waals surface area contributed by atoms with Gasteiger partial charge >= 0.3 is 0 Å². The van der Waals surface area contributed by atoms with E-state index in [1.807, 2.05) is 56.3 Å². The zero-order valence-electron chi connectivity index (χ0n) is 17.0. The molecule has 152 valence electrons. The molecule has 0 spiro atoms. The molecule has 8 heteroatoms. The minimum absolute atomic E-state index is 0.0681. The Kier molecular flexibility index (Phi) is 5.30. The Bertz CT molecular complexity index is 1160. The molecule has 0 unspecified atom stereocenters. The number of carbonyl (C=O) groups excluding carboxylic acids is 1. The van der Waals surface area contributed by atoms with Crippen molar-refractivity contribution in [3.8, 4) is 22.8 Å². The van der Waals surface area contributed by atoms with Crippen molar-refractivity contribution >= 4 is 11.7 Å². The predicted octanol–water partition coefficient (Wildman–Crippen LogP) is 4.04. The minimum Gasteiger partial charge on any atom is -0.496 e. The number of nitrogens with zero attached hydrogens (tertiary/aromatic N) is 4. The van der Waals surface area contributed by atoms with Gasteiger partial charge in [0.1, 0.15) is 5.75 Å². The Balaban J connectivity index is 1.61. The van der Waals surface area contributed by atoms with Crippen LogP contribution in [0.3, 0.4) is 0 Å². The number of carbonyl (C=O) groups is 1. The zero-order valence-corrected chi connectivity index (χ0v) is 17.0. The maximum absolute atomic E-state index is 13.0. The van der Waals surface area contributed by atoms with Crippen molar-refractivity contribution in [2.75, 3.05) is 12.4 Å². The molecule has 0 aliphatic carbocycles. The molecule has 0 radical (unpaired) electrons. The molecule has 3 heterocycles. The fourth-order valence-corrected chi connectivity index (χ4v) is 3.32. The number of para-hydroxylation sites is 1. The van der Waals surface area contributed by atoms with Crippen molar-refractivity contribution < 1.29 is 9.53 Å². The summed E-state index contributed by atoms with van der Waals surface area (Å²) in [5.41, 5.74) is 2.87. The van der Waals surface area contributed by atoms with E-state index in [9.17, 15) is 4.79 Å². The first kappa shape index (κ1) is 19.4. The van der Waals surface area contributed by atoms with Crippen LogP contribution in [-0.2, 0) is 0 Å². The molecule has 30 heavy (non-hydrogen) atoms. The molecule has 0 atom stereocenters. The van der Waals surface area contributed by atoms with Crippen LogP contribution in [0, 0.1) is 0 Å². The summed E-state index contributed by atoms with van der Waals surface area (Å²) in [5, 5.41) is 14.4. The molecular weight excluding hydrogens is 380 g/mol. The molecule has 1 amide bonds. The minimum atomic E-state index is -0.279. The Morgan fingerprint density at radius 3 is 2.70 bits per heavy atom. The number of aromatic amines is 1. The number of benzene rings is 1. The highest BCUT2D eigenvalue weighted by Crippen LogP contribution is 2.29. The van der Waals surface area contributed by atoms with Crippen molar-refractivity contribution in [3.05, 3.63) is 72.2 Å². The van der Waals surface area contributed by atoms with Gasteiger partial charge < -0.3 is 10.1 Å². The van der Waals surface area contributed by atoms with E-state index in [-0.39, 0.29) is 11.8 Å². The van der Waals surface area contributed by atoms with Gasteiger partial charge in [0, 0.05) is 17.8 Å². The van der Waals surface area contributed by atoms with E-state index in [1.165, 1.54) is 0 Å². The smallest absolute Gasteiger partial charge is 0.260 e. The zero-order chi connectivity index (χ0) is 21.1. The highest BCUT2D eigenvalue weighted by Gasteiger charge is 2.22. The second-order valence-corrected chi connectivity index (χ2v) is 7.02. The van der Waals surface area contributed by atoms with Gasteiger partial charge in [0.15, 0.2) is 11.6 Å². The van der Waals surface area contributed by atoms with Crippen LogP contribution >= 0.6 is 0 Å². The Labute approximate surface area is 173 Å². The molecule has 0 aliphatic heterocycles. The molecular formula is C22H22N6O2. The summed E-state index contributed by atoms with van der Waals surface area (Å²) in [6, 6.07) is 15.0. The van der Waals surface area contributed by atoms with E-state index >= 15 is 0 Å². The molecule has 0 bridgehead atoms. The summed E-state index contributed by atoms with van der Waals surface area (Å²) < 4.78 is 7.09. The topological polar surface area (TPSA) is 97.7 Å². The monoisotopic (exact) mass is 402 g/mol. The van der Waals surface area contributed by atoms with Crippen molar-refractivity contribution in [3.63, 3.8) is 0 Å². The summed E-state index contributed by atoms with van der Waals surface area (Å²) in [4.78, 5) is 17.3. The first-order valence-electron chi connectivity index (χ1n) is 9.58. The molecule has 0 fully saturated rings.